The molecule has 0 aromatic carbocycles. The number of aromatic nitrogens is 3. The van der Waals surface area contributed by atoms with Crippen molar-refractivity contribution in [3.63, 3.8) is 0 Å². The minimum atomic E-state index is -1.39. The summed E-state index contributed by atoms with van der Waals surface area (Å²) in [7, 11) is 0. The van der Waals surface area contributed by atoms with Crippen LogP contribution in [0.4, 0.5) is 4.79 Å². The Morgan fingerprint density at radius 2 is 2.19 bits per heavy atom. The predicted octanol–water partition coefficient (Wildman–Crippen LogP) is 1.21. The molecule has 0 radical (unpaired) electrons. The van der Waals surface area contributed by atoms with E-state index in [1.165, 1.54) is 12.4 Å². The number of hydrogen-bond donors (Lipinski definition) is 1. The normalized spacial score (nSPS) is 10.3. The first-order valence-corrected chi connectivity index (χ1v) is 4.64. The highest BCUT2D eigenvalue weighted by molar-refractivity contribution is 6.32. The van der Waals surface area contributed by atoms with Gasteiger partial charge in [-0.2, -0.15) is 0 Å². The highest BCUT2D eigenvalue weighted by Gasteiger charge is 2.14. The number of carboxylic acid groups (broad SMARTS) is 1. The van der Waals surface area contributed by atoms with Gasteiger partial charge in [0.2, 0.25) is 0 Å². The second-order valence-corrected chi connectivity index (χ2v) is 3.31. The van der Waals surface area contributed by atoms with Gasteiger partial charge in [0.1, 0.15) is 0 Å². The van der Waals surface area contributed by atoms with Gasteiger partial charge in [-0.1, -0.05) is 11.6 Å². The van der Waals surface area contributed by atoms with E-state index in [4.69, 9.17) is 16.7 Å². The van der Waals surface area contributed by atoms with E-state index >= 15 is 0 Å². The van der Waals surface area contributed by atoms with Crippen molar-refractivity contribution < 1.29 is 9.90 Å². The number of carbonyl (C=O) groups is 1. The van der Waals surface area contributed by atoms with E-state index in [0.717, 1.165) is 10.7 Å². The number of rotatable bonds is 1. The number of hydrogen-bond acceptors (Lipinski definition) is 3. The van der Waals surface area contributed by atoms with Crippen molar-refractivity contribution in [2.75, 3.05) is 0 Å². The molecule has 0 fully saturated rings. The molecule has 0 amide bonds. The van der Waals surface area contributed by atoms with Crippen molar-refractivity contribution in [3.8, 4) is 5.82 Å². The molecule has 0 bridgehead atoms. The maximum atomic E-state index is 11.3. The molecular formula is C9H6ClN3O3. The summed E-state index contributed by atoms with van der Waals surface area (Å²) in [5, 5.41) is 9.12. The van der Waals surface area contributed by atoms with Crippen molar-refractivity contribution in [1.29, 1.82) is 0 Å². The van der Waals surface area contributed by atoms with Crippen molar-refractivity contribution in [2.45, 2.75) is 0 Å². The van der Waals surface area contributed by atoms with Gasteiger partial charge >= 0.3 is 6.09 Å². The summed E-state index contributed by atoms with van der Waals surface area (Å²) in [5.41, 5.74) is -0.658. The predicted molar refractivity (Wildman–Crippen MR) is 56.3 cm³/mol. The lowest BCUT2D eigenvalue weighted by Crippen LogP contribution is -2.28. The van der Waals surface area contributed by atoms with Gasteiger partial charge in [0.05, 0.1) is 5.02 Å². The van der Waals surface area contributed by atoms with Crippen molar-refractivity contribution in [1.82, 2.24) is 14.3 Å². The highest BCUT2D eigenvalue weighted by Crippen LogP contribution is 2.15. The molecule has 6 nitrogen and oxygen atoms in total. The molecule has 2 heterocycles. The average molecular weight is 240 g/mol. The van der Waals surface area contributed by atoms with Gasteiger partial charge < -0.3 is 5.11 Å². The summed E-state index contributed by atoms with van der Waals surface area (Å²) in [5.74, 6) is 0.189. The quantitative estimate of drug-likeness (QED) is 0.812. The molecule has 7 heteroatoms. The Hall–Kier alpha value is -2.08. The Labute approximate surface area is 94.3 Å². The van der Waals surface area contributed by atoms with Crippen LogP contribution in [0, 0.1) is 0 Å². The molecule has 0 spiro atoms. The summed E-state index contributed by atoms with van der Waals surface area (Å²) in [4.78, 5) is 26.0. The highest BCUT2D eigenvalue weighted by atomic mass is 35.5. The van der Waals surface area contributed by atoms with E-state index in [9.17, 15) is 9.59 Å². The van der Waals surface area contributed by atoms with Crippen LogP contribution in [0.15, 0.2) is 35.4 Å². The molecule has 16 heavy (non-hydrogen) atoms. The van der Waals surface area contributed by atoms with Crippen LogP contribution in [0.25, 0.3) is 5.82 Å². The standard InChI is InChI=1S/C9H6ClN3O3/c10-6-2-1-4-11-8(6)12-5-3-7(14)13(12)9(15)16/h1-5H,(H,15,16). The summed E-state index contributed by atoms with van der Waals surface area (Å²) in [6.45, 7) is 0. The number of nitrogens with zero attached hydrogens (tertiary/aromatic N) is 3. The second kappa shape index (κ2) is 3.82. The van der Waals surface area contributed by atoms with E-state index in [0.29, 0.717) is 4.68 Å². The van der Waals surface area contributed by atoms with Crippen LogP contribution in [0.2, 0.25) is 5.02 Å². The first kappa shape index (κ1) is 10.4. The molecule has 2 aromatic rings. The largest absolute Gasteiger partial charge is 0.463 e. The van der Waals surface area contributed by atoms with E-state index in [2.05, 4.69) is 4.98 Å². The smallest absolute Gasteiger partial charge is 0.434 e. The van der Waals surface area contributed by atoms with E-state index in [1.807, 2.05) is 0 Å². The second-order valence-electron chi connectivity index (χ2n) is 2.90. The zero-order chi connectivity index (χ0) is 11.7. The van der Waals surface area contributed by atoms with Gasteiger partial charge in [-0.15, -0.1) is 4.68 Å². The molecule has 0 aliphatic heterocycles. The molecule has 82 valence electrons. The molecule has 0 saturated carbocycles. The number of pyridine rings is 1. The zero-order valence-corrected chi connectivity index (χ0v) is 8.63. The fourth-order valence-corrected chi connectivity index (χ4v) is 1.48. The maximum Gasteiger partial charge on any atom is 0.434 e. The monoisotopic (exact) mass is 239 g/mol. The third kappa shape index (κ3) is 1.59. The first-order valence-electron chi connectivity index (χ1n) is 4.26. The molecule has 0 aliphatic carbocycles. The van der Waals surface area contributed by atoms with Crippen LogP contribution in [0.3, 0.4) is 0 Å². The number of halogens is 1. The van der Waals surface area contributed by atoms with E-state index in [-0.39, 0.29) is 10.8 Å². The molecule has 0 unspecified atom stereocenters. The van der Waals surface area contributed by atoms with Crippen molar-refractivity contribution >= 4 is 17.7 Å². The summed E-state index contributed by atoms with van der Waals surface area (Å²) >= 11 is 5.85. The Morgan fingerprint density at radius 3 is 2.81 bits per heavy atom. The van der Waals surface area contributed by atoms with Gasteiger partial charge in [-0.05, 0) is 12.1 Å². The van der Waals surface area contributed by atoms with Crippen molar-refractivity contribution in [2.24, 2.45) is 0 Å². The van der Waals surface area contributed by atoms with Crippen LogP contribution in [0.1, 0.15) is 0 Å². The Kier molecular flexibility index (Phi) is 2.49. The molecule has 0 atom stereocenters. The van der Waals surface area contributed by atoms with Crippen molar-refractivity contribution in [3.05, 3.63) is 46.0 Å². The Balaban J connectivity index is 2.71. The minimum absolute atomic E-state index is 0.189. The molecule has 1 N–H and O–H groups in total. The van der Waals surface area contributed by atoms with E-state index < -0.39 is 11.7 Å². The van der Waals surface area contributed by atoms with Gasteiger partial charge in [0, 0.05) is 18.5 Å². The first-order chi connectivity index (χ1) is 7.61. The van der Waals surface area contributed by atoms with Crippen LogP contribution < -0.4 is 5.56 Å². The lowest BCUT2D eigenvalue weighted by molar-refractivity contribution is 0.189. The van der Waals surface area contributed by atoms with Gasteiger partial charge in [-0.3, -0.25) is 4.79 Å². The molecule has 2 rings (SSSR count). The van der Waals surface area contributed by atoms with Crippen LogP contribution in [0.5, 0.6) is 0 Å². The van der Waals surface area contributed by atoms with Crippen LogP contribution >= 0.6 is 11.6 Å². The average Bonchev–Trinajstić information content (AvgIpc) is 2.61. The molecular weight excluding hydrogens is 234 g/mol. The van der Waals surface area contributed by atoms with Crippen LogP contribution in [-0.2, 0) is 0 Å². The lowest BCUT2D eigenvalue weighted by atomic mass is 10.4. The summed E-state index contributed by atoms with van der Waals surface area (Å²) < 4.78 is 1.60. The molecule has 0 aliphatic rings. The van der Waals surface area contributed by atoms with Crippen LogP contribution in [-0.4, -0.2) is 25.5 Å². The van der Waals surface area contributed by atoms with Gasteiger partial charge in [-0.25, -0.2) is 14.5 Å². The van der Waals surface area contributed by atoms with Gasteiger partial charge in [0.25, 0.3) is 5.56 Å². The van der Waals surface area contributed by atoms with Gasteiger partial charge in [0.15, 0.2) is 5.82 Å². The van der Waals surface area contributed by atoms with E-state index in [1.54, 1.807) is 12.1 Å². The maximum absolute atomic E-state index is 11.3. The third-order valence-electron chi connectivity index (χ3n) is 1.92. The minimum Gasteiger partial charge on any atom is -0.463 e. The zero-order valence-electron chi connectivity index (χ0n) is 7.87. The fourth-order valence-electron chi connectivity index (χ4n) is 1.28. The fraction of sp³-hybridized carbons (Fsp3) is 0. The SMILES string of the molecule is O=C(O)n1c(=O)ccn1-c1ncccc1Cl. The third-order valence-corrected chi connectivity index (χ3v) is 2.21. The molecule has 0 saturated heterocycles. The molecule has 2 aromatic heterocycles. The summed E-state index contributed by atoms with van der Waals surface area (Å²) in [6.07, 6.45) is 1.36. The Bertz CT molecular complexity index is 602. The lowest BCUT2D eigenvalue weighted by Gasteiger charge is -2.07. The summed E-state index contributed by atoms with van der Waals surface area (Å²) in [6, 6.07) is 4.29. The Morgan fingerprint density at radius 1 is 1.44 bits per heavy atom. The topological polar surface area (TPSA) is 77.1 Å².